The van der Waals surface area contributed by atoms with Crippen LogP contribution < -0.4 is 4.90 Å². The van der Waals surface area contributed by atoms with Crippen LogP contribution in [0.4, 0.5) is 5.69 Å². The first kappa shape index (κ1) is 21.2. The van der Waals surface area contributed by atoms with Gasteiger partial charge in [-0.25, -0.2) is 0 Å². The van der Waals surface area contributed by atoms with E-state index in [4.69, 9.17) is 0 Å². The van der Waals surface area contributed by atoms with Gasteiger partial charge in [0.2, 0.25) is 0 Å². The minimum absolute atomic E-state index is 0.00732. The smallest absolute Gasteiger partial charge is 0.274 e. The van der Waals surface area contributed by atoms with Crippen LogP contribution in [0.25, 0.3) is 0 Å². The second-order valence-corrected chi connectivity index (χ2v) is 8.94. The molecule has 1 fully saturated rings. The molecule has 170 valence electrons. The molecular weight excluding hydrogens is 414 g/mol. The van der Waals surface area contributed by atoms with E-state index in [1.54, 1.807) is 0 Å². The molecule has 1 saturated heterocycles. The minimum atomic E-state index is -0.0541. The number of aromatic nitrogens is 2. The number of hydrogen-bond acceptors (Lipinski definition) is 4. The van der Waals surface area contributed by atoms with Crippen LogP contribution in [0.1, 0.15) is 43.2 Å². The van der Waals surface area contributed by atoms with Crippen molar-refractivity contribution >= 4 is 17.5 Å². The number of carbonyl (C=O) groups is 2. The predicted octanol–water partition coefficient (Wildman–Crippen LogP) is 3.19. The van der Waals surface area contributed by atoms with Crippen LogP contribution in [-0.2, 0) is 13.0 Å². The van der Waals surface area contributed by atoms with E-state index in [0.717, 1.165) is 29.9 Å². The Balaban J connectivity index is 1.28. The van der Waals surface area contributed by atoms with Gasteiger partial charge in [-0.3, -0.25) is 14.7 Å². The van der Waals surface area contributed by atoms with Crippen LogP contribution in [0.5, 0.6) is 0 Å². The van der Waals surface area contributed by atoms with Crippen molar-refractivity contribution in [1.82, 2.24) is 20.0 Å². The molecule has 0 spiro atoms. The van der Waals surface area contributed by atoms with Crippen LogP contribution in [0.2, 0.25) is 0 Å². The number of hydrogen-bond donors (Lipinski definition) is 1. The van der Waals surface area contributed by atoms with Crippen molar-refractivity contribution in [1.29, 1.82) is 0 Å². The molecule has 7 heteroatoms. The third kappa shape index (κ3) is 4.11. The Kier molecular flexibility index (Phi) is 5.62. The molecule has 2 amide bonds. The summed E-state index contributed by atoms with van der Waals surface area (Å²) >= 11 is 0. The Bertz CT molecular complexity index is 1180. The van der Waals surface area contributed by atoms with Gasteiger partial charge >= 0.3 is 0 Å². The first-order valence-corrected chi connectivity index (χ1v) is 11.5. The molecule has 33 heavy (non-hydrogen) atoms. The molecule has 5 rings (SSSR count). The highest BCUT2D eigenvalue weighted by Crippen LogP contribution is 2.25. The maximum atomic E-state index is 13.3. The predicted molar refractivity (Wildman–Crippen MR) is 128 cm³/mol. The van der Waals surface area contributed by atoms with E-state index in [-0.39, 0.29) is 11.8 Å². The van der Waals surface area contributed by atoms with E-state index in [9.17, 15) is 9.59 Å². The molecule has 2 aromatic carbocycles. The normalized spacial score (nSPS) is 16.0. The monoisotopic (exact) mass is 443 g/mol. The summed E-state index contributed by atoms with van der Waals surface area (Å²) in [5.74, 6) is -0.0614. The highest BCUT2D eigenvalue weighted by atomic mass is 16.2. The number of piperazine rings is 1. The van der Waals surface area contributed by atoms with E-state index in [0.29, 0.717) is 43.9 Å². The number of rotatable bonds is 3. The second-order valence-electron chi connectivity index (χ2n) is 8.94. The molecule has 0 aliphatic carbocycles. The van der Waals surface area contributed by atoms with Crippen molar-refractivity contribution in [2.75, 3.05) is 37.6 Å². The average Bonchev–Trinajstić information content (AvgIpc) is 3.27. The zero-order chi connectivity index (χ0) is 22.9. The summed E-state index contributed by atoms with van der Waals surface area (Å²) in [6.07, 6.45) is 0.675. The third-order valence-electron chi connectivity index (χ3n) is 6.74. The fraction of sp³-hybridized carbons (Fsp3) is 0.346. The molecule has 3 aromatic rings. The second kappa shape index (κ2) is 8.73. The number of aromatic amines is 1. The molecule has 0 saturated carbocycles. The van der Waals surface area contributed by atoms with Gasteiger partial charge < -0.3 is 14.7 Å². The number of carbonyl (C=O) groups excluding carboxylic acids is 2. The number of fused-ring (bicyclic) bond motifs is 1. The fourth-order valence-corrected chi connectivity index (χ4v) is 4.74. The number of nitrogens with one attached hydrogen (secondary N) is 1. The van der Waals surface area contributed by atoms with Gasteiger partial charge in [0.25, 0.3) is 11.8 Å². The Morgan fingerprint density at radius 1 is 0.848 bits per heavy atom. The number of amides is 2. The Hall–Kier alpha value is -3.61. The summed E-state index contributed by atoms with van der Waals surface area (Å²) in [6, 6.07) is 16.0. The van der Waals surface area contributed by atoms with Crippen molar-refractivity contribution in [3.05, 3.63) is 82.2 Å². The minimum Gasteiger partial charge on any atom is -0.368 e. The molecule has 3 heterocycles. The van der Waals surface area contributed by atoms with E-state index in [1.165, 1.54) is 11.3 Å². The lowest BCUT2D eigenvalue weighted by atomic mass is 10.0. The molecular formula is C26H29N5O2. The van der Waals surface area contributed by atoms with Gasteiger partial charge in [0.05, 0.1) is 6.54 Å². The quantitative estimate of drug-likeness (QED) is 0.675. The van der Waals surface area contributed by atoms with Gasteiger partial charge in [-0.15, -0.1) is 0 Å². The van der Waals surface area contributed by atoms with E-state index in [2.05, 4.69) is 40.2 Å². The molecule has 0 radical (unpaired) electrons. The molecule has 7 nitrogen and oxygen atoms in total. The SMILES string of the molecule is Cc1ccc(C(=O)N2CCc3[nH]nc(C(=O)N4CCN(c5ccccc5C)CC4)c3C2)cc1. The van der Waals surface area contributed by atoms with Gasteiger partial charge in [-0.1, -0.05) is 35.9 Å². The van der Waals surface area contributed by atoms with Crippen LogP contribution in [0.3, 0.4) is 0 Å². The number of anilines is 1. The van der Waals surface area contributed by atoms with Gasteiger partial charge in [0, 0.05) is 61.7 Å². The van der Waals surface area contributed by atoms with E-state index >= 15 is 0 Å². The molecule has 0 unspecified atom stereocenters. The highest BCUT2D eigenvalue weighted by molar-refractivity contribution is 5.96. The Morgan fingerprint density at radius 2 is 1.58 bits per heavy atom. The molecule has 2 aliphatic heterocycles. The summed E-state index contributed by atoms with van der Waals surface area (Å²) < 4.78 is 0. The topological polar surface area (TPSA) is 72.5 Å². The molecule has 1 aromatic heterocycles. The zero-order valence-corrected chi connectivity index (χ0v) is 19.2. The summed E-state index contributed by atoms with van der Waals surface area (Å²) in [4.78, 5) is 32.4. The fourth-order valence-electron chi connectivity index (χ4n) is 4.74. The van der Waals surface area contributed by atoms with Gasteiger partial charge in [0.1, 0.15) is 0 Å². The van der Waals surface area contributed by atoms with Gasteiger partial charge in [-0.2, -0.15) is 5.10 Å². The number of nitrogens with zero attached hydrogens (tertiary/aromatic N) is 4. The summed E-state index contributed by atoms with van der Waals surface area (Å²) in [5.41, 5.74) is 6.54. The first-order chi connectivity index (χ1) is 16.0. The van der Waals surface area contributed by atoms with Crippen LogP contribution in [-0.4, -0.2) is 64.5 Å². The van der Waals surface area contributed by atoms with E-state index in [1.807, 2.05) is 47.1 Å². The first-order valence-electron chi connectivity index (χ1n) is 11.5. The number of aryl methyl sites for hydroxylation is 2. The third-order valence-corrected chi connectivity index (χ3v) is 6.74. The molecule has 1 N–H and O–H groups in total. The number of benzene rings is 2. The summed E-state index contributed by atoms with van der Waals surface area (Å²) in [6.45, 7) is 8.04. The van der Waals surface area contributed by atoms with Crippen molar-refractivity contribution in [3.63, 3.8) is 0 Å². The van der Waals surface area contributed by atoms with Crippen LogP contribution >= 0.6 is 0 Å². The van der Waals surface area contributed by atoms with Crippen LogP contribution in [0.15, 0.2) is 48.5 Å². The maximum absolute atomic E-state index is 13.3. The number of para-hydroxylation sites is 1. The Labute approximate surface area is 194 Å². The molecule has 0 bridgehead atoms. The lowest BCUT2D eigenvalue weighted by Crippen LogP contribution is -2.49. The van der Waals surface area contributed by atoms with Crippen molar-refractivity contribution < 1.29 is 9.59 Å². The molecule has 2 aliphatic rings. The van der Waals surface area contributed by atoms with Crippen molar-refractivity contribution in [3.8, 4) is 0 Å². The highest BCUT2D eigenvalue weighted by Gasteiger charge is 2.31. The maximum Gasteiger partial charge on any atom is 0.274 e. The van der Waals surface area contributed by atoms with Crippen molar-refractivity contribution in [2.24, 2.45) is 0 Å². The van der Waals surface area contributed by atoms with E-state index < -0.39 is 0 Å². The zero-order valence-electron chi connectivity index (χ0n) is 19.2. The lowest BCUT2D eigenvalue weighted by molar-refractivity contribution is 0.0709. The van der Waals surface area contributed by atoms with Gasteiger partial charge in [0.15, 0.2) is 5.69 Å². The largest absolute Gasteiger partial charge is 0.368 e. The average molecular weight is 444 g/mol. The standard InChI is InChI=1S/C26H29N5O2/c1-18-7-9-20(10-8-18)25(32)31-12-11-22-21(17-31)24(28-27-22)26(33)30-15-13-29(14-16-30)23-6-4-3-5-19(23)2/h3-10H,11-17H2,1-2H3,(H,27,28). The summed E-state index contributed by atoms with van der Waals surface area (Å²) in [7, 11) is 0. The summed E-state index contributed by atoms with van der Waals surface area (Å²) in [5, 5.41) is 7.42. The Morgan fingerprint density at radius 3 is 2.30 bits per heavy atom. The van der Waals surface area contributed by atoms with Crippen molar-refractivity contribution in [2.45, 2.75) is 26.8 Å². The number of H-pyrrole nitrogens is 1. The van der Waals surface area contributed by atoms with Gasteiger partial charge in [-0.05, 0) is 37.6 Å². The lowest BCUT2D eigenvalue weighted by Gasteiger charge is -2.36. The molecule has 0 atom stereocenters. The van der Waals surface area contributed by atoms with Crippen LogP contribution in [0, 0.1) is 13.8 Å².